The van der Waals surface area contributed by atoms with Crippen molar-refractivity contribution >= 4 is 11.4 Å². The van der Waals surface area contributed by atoms with Crippen molar-refractivity contribution in [2.45, 2.75) is 65.7 Å². The quantitative estimate of drug-likeness (QED) is 0.319. The number of anilines is 2. The number of hydrogen-bond acceptors (Lipinski definition) is 3. The van der Waals surface area contributed by atoms with Gasteiger partial charge in [0.15, 0.2) is 0 Å². The topological polar surface area (TPSA) is 72.3 Å². The standard InChI is InChI=1S/C28H36N2O/c1-6-18-14-23(15-19(7-2)26(18)29)28(5,22-10-12-25(31)13-11-22)24-16-20(8-3)27(30)21(9-4)17-24/h10-17,31H,6-9,29-30H2,1-5H3. The van der Waals surface area contributed by atoms with Gasteiger partial charge in [-0.25, -0.2) is 0 Å². The van der Waals surface area contributed by atoms with Crippen LogP contribution in [0.5, 0.6) is 5.75 Å². The molecule has 0 unspecified atom stereocenters. The maximum absolute atomic E-state index is 9.93. The maximum atomic E-state index is 9.93. The number of phenolic OH excluding ortho intramolecular Hbond substituents is 1. The van der Waals surface area contributed by atoms with Crippen molar-refractivity contribution in [1.29, 1.82) is 0 Å². The van der Waals surface area contributed by atoms with E-state index in [0.717, 1.165) is 42.6 Å². The fourth-order valence-electron chi connectivity index (χ4n) is 4.60. The van der Waals surface area contributed by atoms with E-state index in [1.807, 2.05) is 12.1 Å². The van der Waals surface area contributed by atoms with E-state index >= 15 is 0 Å². The van der Waals surface area contributed by atoms with Gasteiger partial charge < -0.3 is 16.6 Å². The van der Waals surface area contributed by atoms with Gasteiger partial charge in [-0.05, 0) is 83.7 Å². The summed E-state index contributed by atoms with van der Waals surface area (Å²) >= 11 is 0. The lowest BCUT2D eigenvalue weighted by molar-refractivity contribution is 0.474. The molecule has 0 aliphatic rings. The van der Waals surface area contributed by atoms with Crippen LogP contribution in [0.1, 0.15) is 73.6 Å². The Morgan fingerprint density at radius 3 is 1.23 bits per heavy atom. The summed E-state index contributed by atoms with van der Waals surface area (Å²) in [5, 5.41) is 9.93. The minimum Gasteiger partial charge on any atom is -0.508 e. The average Bonchev–Trinajstić information content (AvgIpc) is 2.79. The number of aromatic hydroxyl groups is 1. The van der Waals surface area contributed by atoms with Gasteiger partial charge >= 0.3 is 0 Å². The first-order valence-corrected chi connectivity index (χ1v) is 11.4. The first-order valence-electron chi connectivity index (χ1n) is 11.4. The fraction of sp³-hybridized carbons (Fsp3) is 0.357. The van der Waals surface area contributed by atoms with E-state index in [-0.39, 0.29) is 5.75 Å². The molecule has 0 aromatic heterocycles. The molecule has 0 aliphatic carbocycles. The number of hydrogen-bond donors (Lipinski definition) is 3. The normalized spacial score (nSPS) is 11.6. The van der Waals surface area contributed by atoms with Crippen molar-refractivity contribution in [3.05, 3.63) is 87.5 Å². The number of rotatable bonds is 7. The number of benzene rings is 3. The Kier molecular flexibility index (Phi) is 6.64. The van der Waals surface area contributed by atoms with Crippen LogP contribution >= 0.6 is 0 Å². The second kappa shape index (κ2) is 9.05. The van der Waals surface area contributed by atoms with Crippen molar-refractivity contribution in [2.24, 2.45) is 0 Å². The molecule has 0 amide bonds. The highest BCUT2D eigenvalue weighted by Crippen LogP contribution is 2.43. The zero-order valence-corrected chi connectivity index (χ0v) is 19.5. The van der Waals surface area contributed by atoms with Crippen LogP contribution < -0.4 is 11.5 Å². The Bertz CT molecular complexity index is 955. The molecule has 0 atom stereocenters. The van der Waals surface area contributed by atoms with Gasteiger partial charge in [-0.15, -0.1) is 0 Å². The van der Waals surface area contributed by atoms with Gasteiger partial charge in [0.05, 0.1) is 0 Å². The van der Waals surface area contributed by atoms with E-state index in [1.54, 1.807) is 12.1 Å². The van der Waals surface area contributed by atoms with Crippen molar-refractivity contribution in [3.63, 3.8) is 0 Å². The summed E-state index contributed by atoms with van der Waals surface area (Å²) < 4.78 is 0. The molecule has 0 radical (unpaired) electrons. The third-order valence-corrected chi connectivity index (χ3v) is 6.83. The molecule has 3 aromatic rings. The van der Waals surface area contributed by atoms with E-state index in [9.17, 15) is 5.11 Å². The highest BCUT2D eigenvalue weighted by molar-refractivity contribution is 5.63. The molecule has 0 spiro atoms. The minimum absolute atomic E-state index is 0.271. The molecule has 3 aromatic carbocycles. The molecule has 0 saturated carbocycles. The SMILES string of the molecule is CCc1cc(C(C)(c2ccc(O)cc2)c2cc(CC)c(N)c(CC)c2)cc(CC)c1N. The van der Waals surface area contributed by atoms with Crippen LogP contribution in [0, 0.1) is 0 Å². The molecule has 164 valence electrons. The van der Waals surface area contributed by atoms with Crippen LogP contribution in [0.25, 0.3) is 0 Å². The number of phenols is 1. The highest BCUT2D eigenvalue weighted by Gasteiger charge is 2.33. The predicted molar refractivity (Wildman–Crippen MR) is 133 cm³/mol. The smallest absolute Gasteiger partial charge is 0.115 e. The van der Waals surface area contributed by atoms with Gasteiger partial charge in [0.25, 0.3) is 0 Å². The zero-order chi connectivity index (χ0) is 22.8. The lowest BCUT2D eigenvalue weighted by atomic mass is 9.69. The Labute approximate surface area is 187 Å². The molecule has 5 N–H and O–H groups in total. The Hall–Kier alpha value is -2.94. The van der Waals surface area contributed by atoms with E-state index in [4.69, 9.17) is 11.5 Å². The molecule has 3 heteroatoms. The molecule has 31 heavy (non-hydrogen) atoms. The summed E-state index contributed by atoms with van der Waals surface area (Å²) in [6.07, 6.45) is 3.56. The molecule has 0 bridgehead atoms. The first-order chi connectivity index (χ1) is 14.8. The van der Waals surface area contributed by atoms with Crippen molar-refractivity contribution in [2.75, 3.05) is 11.5 Å². The zero-order valence-electron chi connectivity index (χ0n) is 19.5. The van der Waals surface area contributed by atoms with E-state index in [0.29, 0.717) is 0 Å². The van der Waals surface area contributed by atoms with Crippen LogP contribution in [-0.2, 0) is 31.1 Å². The molecular weight excluding hydrogens is 380 g/mol. The van der Waals surface area contributed by atoms with Gasteiger partial charge in [-0.2, -0.15) is 0 Å². The third-order valence-electron chi connectivity index (χ3n) is 6.83. The monoisotopic (exact) mass is 416 g/mol. The highest BCUT2D eigenvalue weighted by atomic mass is 16.3. The summed E-state index contributed by atoms with van der Waals surface area (Å²) in [6, 6.07) is 16.6. The third kappa shape index (κ3) is 4.01. The van der Waals surface area contributed by atoms with Gasteiger partial charge in [0.1, 0.15) is 5.75 Å². The predicted octanol–water partition coefficient (Wildman–Crippen LogP) is 6.16. The Morgan fingerprint density at radius 1 is 0.613 bits per heavy atom. The summed E-state index contributed by atoms with van der Waals surface area (Å²) in [5.74, 6) is 0.271. The van der Waals surface area contributed by atoms with Gasteiger partial charge in [0, 0.05) is 16.8 Å². The van der Waals surface area contributed by atoms with Crippen molar-refractivity contribution < 1.29 is 5.11 Å². The summed E-state index contributed by atoms with van der Waals surface area (Å²) in [6.45, 7) is 10.9. The summed E-state index contributed by atoms with van der Waals surface area (Å²) in [5.41, 5.74) is 22.6. The van der Waals surface area contributed by atoms with E-state index in [2.05, 4.69) is 58.9 Å². The molecule has 3 rings (SSSR count). The van der Waals surface area contributed by atoms with Crippen molar-refractivity contribution in [3.8, 4) is 5.75 Å². The fourth-order valence-corrected chi connectivity index (χ4v) is 4.60. The lowest BCUT2D eigenvalue weighted by Gasteiger charge is -2.34. The van der Waals surface area contributed by atoms with Gasteiger partial charge in [-0.3, -0.25) is 0 Å². The van der Waals surface area contributed by atoms with Crippen LogP contribution in [0.15, 0.2) is 48.5 Å². The van der Waals surface area contributed by atoms with Crippen LogP contribution in [0.2, 0.25) is 0 Å². The Balaban J connectivity index is 2.39. The molecule has 0 fully saturated rings. The molecule has 0 aliphatic heterocycles. The molecule has 3 nitrogen and oxygen atoms in total. The maximum Gasteiger partial charge on any atom is 0.115 e. The van der Waals surface area contributed by atoms with Crippen LogP contribution in [0.4, 0.5) is 11.4 Å². The number of nitrogen functional groups attached to an aromatic ring is 2. The number of nitrogens with two attached hydrogens (primary N) is 2. The number of aryl methyl sites for hydroxylation is 4. The van der Waals surface area contributed by atoms with Gasteiger partial charge in [-0.1, -0.05) is 64.1 Å². The largest absolute Gasteiger partial charge is 0.508 e. The van der Waals surface area contributed by atoms with Gasteiger partial charge in [0.2, 0.25) is 0 Å². The van der Waals surface area contributed by atoms with Crippen LogP contribution in [0.3, 0.4) is 0 Å². The summed E-state index contributed by atoms with van der Waals surface area (Å²) in [7, 11) is 0. The molecule has 0 heterocycles. The second-order valence-electron chi connectivity index (χ2n) is 8.50. The lowest BCUT2D eigenvalue weighted by Crippen LogP contribution is -2.27. The summed E-state index contributed by atoms with van der Waals surface area (Å²) in [4.78, 5) is 0. The van der Waals surface area contributed by atoms with Crippen molar-refractivity contribution in [1.82, 2.24) is 0 Å². The Morgan fingerprint density at radius 2 is 0.935 bits per heavy atom. The molecule has 0 saturated heterocycles. The molecular formula is C28H36N2O. The van der Waals surface area contributed by atoms with Crippen LogP contribution in [-0.4, -0.2) is 5.11 Å². The second-order valence-corrected chi connectivity index (χ2v) is 8.50. The average molecular weight is 417 g/mol. The minimum atomic E-state index is -0.406. The first kappa shape index (κ1) is 22.7. The van der Waals surface area contributed by atoms with E-state index < -0.39 is 5.41 Å². The van der Waals surface area contributed by atoms with E-state index in [1.165, 1.54) is 33.4 Å².